The van der Waals surface area contributed by atoms with Crippen LogP contribution in [0.25, 0.3) is 0 Å². The first-order valence-corrected chi connectivity index (χ1v) is 7.57. The lowest BCUT2D eigenvalue weighted by Gasteiger charge is -2.08. The van der Waals surface area contributed by atoms with E-state index >= 15 is 0 Å². The van der Waals surface area contributed by atoms with Crippen LogP contribution in [0.1, 0.15) is 45.1 Å². The van der Waals surface area contributed by atoms with Crippen LogP contribution in [0.3, 0.4) is 0 Å². The Balaban J connectivity index is 2.14. The molecule has 0 spiro atoms. The molecule has 0 fully saturated rings. The zero-order valence-corrected chi connectivity index (χ0v) is 13.1. The first-order chi connectivity index (χ1) is 9.13. The number of nitrogens with one attached hydrogen (secondary N) is 1. The average molecular weight is 284 g/mol. The molecule has 19 heavy (non-hydrogen) atoms. The van der Waals surface area contributed by atoms with Crippen molar-refractivity contribution in [1.29, 1.82) is 0 Å². The standard InChI is InChI=1S/C16H26ClNO/c1-13(2)18-11-7-5-4-6-8-14-9-10-16(19-3)15(17)12-14/h9-10,12-13,18H,4-8,11H2,1-3H3. The van der Waals surface area contributed by atoms with E-state index in [1.165, 1.54) is 31.2 Å². The third-order valence-electron chi connectivity index (χ3n) is 3.16. The van der Waals surface area contributed by atoms with Crippen LogP contribution in [0.2, 0.25) is 5.02 Å². The van der Waals surface area contributed by atoms with Crippen molar-refractivity contribution in [3.05, 3.63) is 28.8 Å². The zero-order chi connectivity index (χ0) is 14.1. The second kappa shape index (κ2) is 9.22. The minimum absolute atomic E-state index is 0.599. The van der Waals surface area contributed by atoms with Gasteiger partial charge >= 0.3 is 0 Å². The second-order valence-corrected chi connectivity index (χ2v) is 5.65. The highest BCUT2D eigenvalue weighted by atomic mass is 35.5. The zero-order valence-electron chi connectivity index (χ0n) is 12.3. The molecule has 0 unspecified atom stereocenters. The molecule has 1 N–H and O–H groups in total. The van der Waals surface area contributed by atoms with E-state index in [0.29, 0.717) is 11.1 Å². The van der Waals surface area contributed by atoms with Crippen LogP contribution in [0, 0.1) is 0 Å². The third kappa shape index (κ3) is 6.84. The molecule has 0 heterocycles. The summed E-state index contributed by atoms with van der Waals surface area (Å²) in [4.78, 5) is 0. The number of hydrogen-bond acceptors (Lipinski definition) is 2. The lowest BCUT2D eigenvalue weighted by molar-refractivity contribution is 0.415. The van der Waals surface area contributed by atoms with E-state index in [-0.39, 0.29) is 0 Å². The van der Waals surface area contributed by atoms with Gasteiger partial charge in [0.2, 0.25) is 0 Å². The molecule has 1 aromatic carbocycles. The topological polar surface area (TPSA) is 21.3 Å². The van der Waals surface area contributed by atoms with Gasteiger partial charge in [0, 0.05) is 6.04 Å². The first-order valence-electron chi connectivity index (χ1n) is 7.19. The van der Waals surface area contributed by atoms with E-state index in [2.05, 4.69) is 25.2 Å². The van der Waals surface area contributed by atoms with Crippen molar-refractivity contribution in [2.45, 2.75) is 52.0 Å². The third-order valence-corrected chi connectivity index (χ3v) is 3.46. The fourth-order valence-corrected chi connectivity index (χ4v) is 2.34. The highest BCUT2D eigenvalue weighted by Crippen LogP contribution is 2.25. The quantitative estimate of drug-likeness (QED) is 0.676. The molecule has 0 aliphatic rings. The number of halogens is 1. The van der Waals surface area contributed by atoms with Crippen LogP contribution in [0.15, 0.2) is 18.2 Å². The smallest absolute Gasteiger partial charge is 0.137 e. The molecule has 3 heteroatoms. The molecule has 0 aliphatic carbocycles. The summed E-state index contributed by atoms with van der Waals surface area (Å²) in [6.45, 7) is 5.51. The van der Waals surface area contributed by atoms with Gasteiger partial charge in [0.25, 0.3) is 0 Å². The molecule has 0 saturated heterocycles. The van der Waals surface area contributed by atoms with Gasteiger partial charge in [-0.25, -0.2) is 0 Å². The van der Waals surface area contributed by atoms with Crippen LogP contribution < -0.4 is 10.1 Å². The van der Waals surface area contributed by atoms with E-state index in [4.69, 9.17) is 16.3 Å². The lowest BCUT2D eigenvalue weighted by Crippen LogP contribution is -2.23. The molecule has 2 nitrogen and oxygen atoms in total. The molecule has 0 bridgehead atoms. The molecule has 108 valence electrons. The Kier molecular flexibility index (Phi) is 7.92. The summed E-state index contributed by atoms with van der Waals surface area (Å²) in [5.74, 6) is 0.755. The van der Waals surface area contributed by atoms with E-state index in [1.54, 1.807) is 7.11 Å². The number of unbranched alkanes of at least 4 members (excludes halogenated alkanes) is 3. The number of aryl methyl sites for hydroxylation is 1. The van der Waals surface area contributed by atoms with E-state index in [0.717, 1.165) is 18.7 Å². The summed E-state index contributed by atoms with van der Waals surface area (Å²) in [5, 5.41) is 4.15. The summed E-state index contributed by atoms with van der Waals surface area (Å²) < 4.78 is 5.15. The molecule has 0 atom stereocenters. The highest BCUT2D eigenvalue weighted by Gasteiger charge is 2.01. The minimum atomic E-state index is 0.599. The van der Waals surface area contributed by atoms with Gasteiger partial charge < -0.3 is 10.1 Å². The van der Waals surface area contributed by atoms with Crippen LogP contribution in [-0.4, -0.2) is 19.7 Å². The van der Waals surface area contributed by atoms with Crippen molar-refractivity contribution in [2.24, 2.45) is 0 Å². The van der Waals surface area contributed by atoms with Gasteiger partial charge in [-0.3, -0.25) is 0 Å². The molecular weight excluding hydrogens is 258 g/mol. The van der Waals surface area contributed by atoms with Crippen LogP contribution in [0.4, 0.5) is 0 Å². The predicted octanol–water partition coefficient (Wildman–Crippen LogP) is 4.45. The summed E-state index contributed by atoms with van der Waals surface area (Å²) in [5.41, 5.74) is 1.30. The molecular formula is C16H26ClNO. The summed E-state index contributed by atoms with van der Waals surface area (Å²) >= 11 is 6.11. The Hall–Kier alpha value is -0.730. The van der Waals surface area contributed by atoms with Crippen LogP contribution in [0.5, 0.6) is 5.75 Å². The highest BCUT2D eigenvalue weighted by molar-refractivity contribution is 6.32. The van der Waals surface area contributed by atoms with Crippen molar-refractivity contribution in [1.82, 2.24) is 5.32 Å². The van der Waals surface area contributed by atoms with Gasteiger partial charge in [0.05, 0.1) is 12.1 Å². The average Bonchev–Trinajstić information content (AvgIpc) is 2.37. The molecule has 0 saturated carbocycles. The maximum absolute atomic E-state index is 6.11. The molecule has 1 aromatic rings. The van der Waals surface area contributed by atoms with Crippen molar-refractivity contribution in [3.63, 3.8) is 0 Å². The number of ether oxygens (including phenoxy) is 1. The van der Waals surface area contributed by atoms with Gasteiger partial charge in [0.15, 0.2) is 0 Å². The van der Waals surface area contributed by atoms with E-state index < -0.39 is 0 Å². The fourth-order valence-electron chi connectivity index (χ4n) is 2.06. The van der Waals surface area contributed by atoms with Crippen molar-refractivity contribution >= 4 is 11.6 Å². The normalized spacial score (nSPS) is 11.0. The molecule has 1 rings (SSSR count). The maximum atomic E-state index is 6.11. The first kappa shape index (κ1) is 16.3. The molecule has 0 aliphatic heterocycles. The number of rotatable bonds is 9. The number of hydrogen-bond donors (Lipinski definition) is 1. The van der Waals surface area contributed by atoms with Gasteiger partial charge in [-0.05, 0) is 43.5 Å². The Labute approximate surface area is 122 Å². The Morgan fingerprint density at radius 3 is 2.53 bits per heavy atom. The predicted molar refractivity (Wildman–Crippen MR) is 83.3 cm³/mol. The number of benzene rings is 1. The molecule has 0 radical (unpaired) electrons. The van der Waals surface area contributed by atoms with Crippen LogP contribution >= 0.6 is 11.6 Å². The van der Waals surface area contributed by atoms with Crippen molar-refractivity contribution in [2.75, 3.05) is 13.7 Å². The molecule has 0 aromatic heterocycles. The Morgan fingerprint density at radius 2 is 1.89 bits per heavy atom. The van der Waals surface area contributed by atoms with E-state index in [9.17, 15) is 0 Å². The largest absolute Gasteiger partial charge is 0.495 e. The lowest BCUT2D eigenvalue weighted by atomic mass is 10.1. The monoisotopic (exact) mass is 283 g/mol. The van der Waals surface area contributed by atoms with Crippen molar-refractivity contribution in [3.8, 4) is 5.75 Å². The Morgan fingerprint density at radius 1 is 1.16 bits per heavy atom. The summed E-state index contributed by atoms with van der Waals surface area (Å²) in [7, 11) is 1.64. The fraction of sp³-hybridized carbons (Fsp3) is 0.625. The van der Waals surface area contributed by atoms with Crippen LogP contribution in [-0.2, 0) is 6.42 Å². The minimum Gasteiger partial charge on any atom is -0.495 e. The summed E-state index contributed by atoms with van der Waals surface area (Å²) in [6, 6.07) is 6.66. The van der Waals surface area contributed by atoms with Gasteiger partial charge in [-0.15, -0.1) is 0 Å². The summed E-state index contributed by atoms with van der Waals surface area (Å²) in [6.07, 6.45) is 6.17. The van der Waals surface area contributed by atoms with Gasteiger partial charge in [0.1, 0.15) is 5.75 Å². The van der Waals surface area contributed by atoms with Gasteiger partial charge in [-0.1, -0.05) is 44.4 Å². The van der Waals surface area contributed by atoms with E-state index in [1.807, 2.05) is 12.1 Å². The second-order valence-electron chi connectivity index (χ2n) is 5.24. The molecule has 0 amide bonds. The number of methoxy groups -OCH3 is 1. The SMILES string of the molecule is COc1ccc(CCCCCCNC(C)C)cc1Cl. The van der Waals surface area contributed by atoms with Gasteiger partial charge in [-0.2, -0.15) is 0 Å². The van der Waals surface area contributed by atoms with Crippen molar-refractivity contribution < 1.29 is 4.74 Å². The Bertz CT molecular complexity index is 366. The maximum Gasteiger partial charge on any atom is 0.137 e.